The highest BCUT2D eigenvalue weighted by Crippen LogP contribution is 2.30. The van der Waals surface area contributed by atoms with E-state index in [0.29, 0.717) is 5.75 Å². The number of hydrogen-bond donors (Lipinski definition) is 1. The van der Waals surface area contributed by atoms with Crippen LogP contribution >= 0.6 is 8.18 Å². The van der Waals surface area contributed by atoms with Crippen LogP contribution in [-0.4, -0.2) is 30.8 Å². The molecule has 1 aliphatic heterocycles. The molecule has 2 rings (SSSR count). The molecule has 5 heteroatoms. The van der Waals surface area contributed by atoms with Gasteiger partial charge in [-0.2, -0.15) is 0 Å². The Balaban J connectivity index is 1.91. The van der Waals surface area contributed by atoms with Gasteiger partial charge in [0.25, 0.3) is 0 Å². The molecule has 1 atom stereocenters. The summed E-state index contributed by atoms with van der Waals surface area (Å²) in [6, 6.07) is 9.28. The molecular formula is C10H14N2O2P+. The van der Waals surface area contributed by atoms with E-state index < -0.39 is 8.18 Å². The predicted octanol–water partition coefficient (Wildman–Crippen LogP) is 1.63. The molecule has 1 aromatic carbocycles. The molecule has 1 saturated heterocycles. The SMILES string of the molecule is O=[P+](Oc1ccccc1)N1CCNCC1. The van der Waals surface area contributed by atoms with Crippen molar-refractivity contribution in [3.63, 3.8) is 0 Å². The van der Waals surface area contributed by atoms with E-state index in [1.54, 1.807) is 0 Å². The Morgan fingerprint density at radius 2 is 1.87 bits per heavy atom. The van der Waals surface area contributed by atoms with Gasteiger partial charge in [0.05, 0.1) is 13.1 Å². The van der Waals surface area contributed by atoms with Crippen LogP contribution in [0.1, 0.15) is 0 Å². The minimum absolute atomic E-state index is 0.664. The molecule has 0 bridgehead atoms. The van der Waals surface area contributed by atoms with Crippen LogP contribution in [0, 0.1) is 0 Å². The Morgan fingerprint density at radius 1 is 1.20 bits per heavy atom. The molecule has 0 aliphatic carbocycles. The minimum Gasteiger partial charge on any atom is -0.314 e. The molecule has 1 aromatic rings. The number of benzene rings is 1. The largest absolute Gasteiger partial charge is 0.666 e. The van der Waals surface area contributed by atoms with Crippen LogP contribution in [0.4, 0.5) is 0 Å². The number of nitrogens with zero attached hydrogens (tertiary/aromatic N) is 1. The van der Waals surface area contributed by atoms with Gasteiger partial charge in [0, 0.05) is 17.7 Å². The first-order valence-electron chi connectivity index (χ1n) is 5.02. The van der Waals surface area contributed by atoms with Crippen molar-refractivity contribution in [3.8, 4) is 5.75 Å². The first-order valence-corrected chi connectivity index (χ1v) is 6.15. The maximum atomic E-state index is 11.8. The van der Waals surface area contributed by atoms with Gasteiger partial charge in [0.1, 0.15) is 0 Å². The van der Waals surface area contributed by atoms with E-state index in [1.807, 2.05) is 35.0 Å². The molecule has 0 spiro atoms. The first kappa shape index (κ1) is 10.6. The molecule has 80 valence electrons. The van der Waals surface area contributed by atoms with E-state index in [4.69, 9.17) is 4.52 Å². The van der Waals surface area contributed by atoms with Crippen LogP contribution in [-0.2, 0) is 4.57 Å². The van der Waals surface area contributed by atoms with Crippen molar-refractivity contribution in [3.05, 3.63) is 30.3 Å². The van der Waals surface area contributed by atoms with Crippen LogP contribution in [0.2, 0.25) is 0 Å². The van der Waals surface area contributed by atoms with Crippen molar-refractivity contribution in [1.82, 2.24) is 9.99 Å². The third-order valence-electron chi connectivity index (χ3n) is 2.25. The van der Waals surface area contributed by atoms with Gasteiger partial charge in [-0.1, -0.05) is 22.9 Å². The van der Waals surface area contributed by atoms with Gasteiger partial charge in [-0.15, -0.1) is 0 Å². The number of rotatable bonds is 3. The topological polar surface area (TPSA) is 41.6 Å². The molecular weight excluding hydrogens is 211 g/mol. The van der Waals surface area contributed by atoms with Gasteiger partial charge in [-0.25, -0.2) is 4.52 Å². The maximum Gasteiger partial charge on any atom is 0.666 e. The Hall–Kier alpha value is -0.960. The average Bonchev–Trinajstić information content (AvgIpc) is 2.31. The molecule has 1 unspecified atom stereocenters. The van der Waals surface area contributed by atoms with Crippen LogP contribution in [0.25, 0.3) is 0 Å². The lowest BCUT2D eigenvalue weighted by Crippen LogP contribution is -2.40. The molecule has 1 fully saturated rings. The van der Waals surface area contributed by atoms with Crippen molar-refractivity contribution in [1.29, 1.82) is 0 Å². The highest BCUT2D eigenvalue weighted by Gasteiger charge is 2.32. The van der Waals surface area contributed by atoms with E-state index >= 15 is 0 Å². The Bertz CT molecular complexity index is 325. The fourth-order valence-corrected chi connectivity index (χ4v) is 2.39. The van der Waals surface area contributed by atoms with Crippen molar-refractivity contribution in [2.24, 2.45) is 0 Å². The molecule has 0 saturated carbocycles. The van der Waals surface area contributed by atoms with E-state index in [2.05, 4.69) is 5.32 Å². The van der Waals surface area contributed by atoms with Crippen LogP contribution in [0.15, 0.2) is 30.3 Å². The van der Waals surface area contributed by atoms with Crippen molar-refractivity contribution < 1.29 is 9.09 Å². The summed E-state index contributed by atoms with van der Waals surface area (Å²) < 4.78 is 19.0. The standard InChI is InChI=1S/C10H14N2O2P/c13-15(12-8-6-11-7-9-12)14-10-4-2-1-3-5-10/h1-5,11H,6-9H2/q+1. The van der Waals surface area contributed by atoms with Crippen LogP contribution < -0.4 is 9.84 Å². The number of piperazine rings is 1. The fraction of sp³-hybridized carbons (Fsp3) is 0.400. The van der Waals surface area contributed by atoms with Crippen molar-refractivity contribution >= 4 is 8.18 Å². The fourth-order valence-electron chi connectivity index (χ4n) is 1.45. The summed E-state index contributed by atoms with van der Waals surface area (Å²) >= 11 is 0. The van der Waals surface area contributed by atoms with Gasteiger partial charge in [-0.3, -0.25) is 0 Å². The smallest absolute Gasteiger partial charge is 0.314 e. The minimum atomic E-state index is -1.73. The maximum absolute atomic E-state index is 11.8. The number of para-hydroxylation sites is 1. The van der Waals surface area contributed by atoms with E-state index in [1.165, 1.54) is 0 Å². The molecule has 15 heavy (non-hydrogen) atoms. The Morgan fingerprint density at radius 3 is 2.53 bits per heavy atom. The van der Waals surface area contributed by atoms with Gasteiger partial charge in [-0.05, 0) is 12.1 Å². The van der Waals surface area contributed by atoms with E-state index in [-0.39, 0.29) is 0 Å². The molecule has 0 aromatic heterocycles. The molecule has 1 aliphatic rings. The zero-order valence-electron chi connectivity index (χ0n) is 8.43. The molecule has 0 radical (unpaired) electrons. The summed E-state index contributed by atoms with van der Waals surface area (Å²) in [6.45, 7) is 3.31. The van der Waals surface area contributed by atoms with Crippen molar-refractivity contribution in [2.75, 3.05) is 26.2 Å². The average molecular weight is 225 g/mol. The lowest BCUT2D eigenvalue weighted by atomic mass is 10.3. The van der Waals surface area contributed by atoms with Gasteiger partial charge in [0.2, 0.25) is 0 Å². The second-order valence-electron chi connectivity index (χ2n) is 3.35. The summed E-state index contributed by atoms with van der Waals surface area (Å²) in [6.07, 6.45) is 0. The monoisotopic (exact) mass is 225 g/mol. The first-order chi connectivity index (χ1) is 7.36. The number of nitrogens with one attached hydrogen (secondary N) is 1. The number of hydrogen-bond acceptors (Lipinski definition) is 3. The normalized spacial score (nSPS) is 18.5. The predicted molar refractivity (Wildman–Crippen MR) is 59.1 cm³/mol. The van der Waals surface area contributed by atoms with Gasteiger partial charge < -0.3 is 5.32 Å². The van der Waals surface area contributed by atoms with Gasteiger partial charge >= 0.3 is 8.18 Å². The zero-order valence-corrected chi connectivity index (χ0v) is 9.32. The molecule has 0 amide bonds. The summed E-state index contributed by atoms with van der Waals surface area (Å²) in [5.74, 6) is 0.664. The lowest BCUT2D eigenvalue weighted by molar-refractivity contribution is 0.334. The van der Waals surface area contributed by atoms with E-state index in [0.717, 1.165) is 26.2 Å². The highest BCUT2D eigenvalue weighted by molar-refractivity contribution is 7.36. The Labute approximate surface area is 90.2 Å². The summed E-state index contributed by atoms with van der Waals surface area (Å²) in [7, 11) is -1.73. The third kappa shape index (κ3) is 2.99. The molecule has 1 N–H and O–H groups in total. The lowest BCUT2D eigenvalue weighted by Gasteiger charge is -2.16. The summed E-state index contributed by atoms with van der Waals surface area (Å²) in [5, 5.41) is 3.21. The highest BCUT2D eigenvalue weighted by atomic mass is 31.1. The second kappa shape index (κ2) is 5.21. The van der Waals surface area contributed by atoms with Gasteiger partial charge in [0.15, 0.2) is 5.75 Å². The molecule has 4 nitrogen and oxygen atoms in total. The Kier molecular flexibility index (Phi) is 3.67. The zero-order chi connectivity index (χ0) is 10.5. The van der Waals surface area contributed by atoms with Crippen LogP contribution in [0.5, 0.6) is 5.75 Å². The quantitative estimate of drug-likeness (QED) is 0.794. The van der Waals surface area contributed by atoms with Crippen LogP contribution in [0.3, 0.4) is 0 Å². The van der Waals surface area contributed by atoms with E-state index in [9.17, 15) is 4.57 Å². The molecule has 1 heterocycles. The van der Waals surface area contributed by atoms with Crippen molar-refractivity contribution in [2.45, 2.75) is 0 Å². The second-order valence-corrected chi connectivity index (χ2v) is 4.57. The summed E-state index contributed by atoms with van der Waals surface area (Å²) in [5.41, 5.74) is 0. The summed E-state index contributed by atoms with van der Waals surface area (Å²) in [4.78, 5) is 0. The third-order valence-corrected chi connectivity index (χ3v) is 3.48.